The van der Waals surface area contributed by atoms with Gasteiger partial charge in [-0.15, -0.1) is 0 Å². The Bertz CT molecular complexity index is 560. The number of ether oxygens (including phenoxy) is 1. The zero-order chi connectivity index (χ0) is 14.4. The molecule has 0 aliphatic carbocycles. The van der Waals surface area contributed by atoms with E-state index in [2.05, 4.69) is 17.2 Å². The van der Waals surface area contributed by atoms with Crippen molar-refractivity contribution in [3.05, 3.63) is 58.9 Å². The van der Waals surface area contributed by atoms with Crippen molar-refractivity contribution in [2.24, 2.45) is 0 Å². The van der Waals surface area contributed by atoms with Gasteiger partial charge in [0.25, 0.3) is 0 Å². The fourth-order valence-electron chi connectivity index (χ4n) is 2.16. The topological polar surface area (TPSA) is 34.1 Å². The number of pyridine rings is 1. The van der Waals surface area contributed by atoms with Crippen LogP contribution in [-0.4, -0.2) is 18.6 Å². The Labute approximate surface area is 124 Å². The van der Waals surface area contributed by atoms with Crippen LogP contribution in [0.15, 0.2) is 42.6 Å². The van der Waals surface area contributed by atoms with Gasteiger partial charge >= 0.3 is 0 Å². The zero-order valence-corrected chi connectivity index (χ0v) is 12.5. The minimum absolute atomic E-state index is 0.0696. The van der Waals surface area contributed by atoms with Crippen LogP contribution in [0.25, 0.3) is 0 Å². The first kappa shape index (κ1) is 14.8. The molecule has 0 bridgehead atoms. The molecule has 3 nitrogen and oxygen atoms in total. The van der Waals surface area contributed by atoms with Gasteiger partial charge in [-0.2, -0.15) is 0 Å². The fraction of sp³-hybridized carbons (Fsp3) is 0.312. The van der Waals surface area contributed by atoms with Crippen molar-refractivity contribution in [1.82, 2.24) is 10.3 Å². The molecule has 0 saturated carbocycles. The molecule has 1 unspecified atom stereocenters. The van der Waals surface area contributed by atoms with E-state index in [1.807, 2.05) is 36.4 Å². The van der Waals surface area contributed by atoms with Crippen molar-refractivity contribution < 1.29 is 4.74 Å². The molecule has 4 heteroatoms. The number of halogens is 1. The highest BCUT2D eigenvalue weighted by Crippen LogP contribution is 2.32. The van der Waals surface area contributed by atoms with E-state index in [1.54, 1.807) is 13.3 Å². The van der Waals surface area contributed by atoms with E-state index in [9.17, 15) is 0 Å². The van der Waals surface area contributed by atoms with Crippen LogP contribution in [0.3, 0.4) is 0 Å². The first-order valence-electron chi connectivity index (χ1n) is 6.74. The highest BCUT2D eigenvalue weighted by atomic mass is 35.5. The second kappa shape index (κ2) is 7.27. The molecule has 1 aromatic carbocycles. The van der Waals surface area contributed by atoms with Gasteiger partial charge in [-0.05, 0) is 31.2 Å². The molecule has 0 saturated heterocycles. The third-order valence-electron chi connectivity index (χ3n) is 3.11. The smallest absolute Gasteiger partial charge is 0.124 e. The summed E-state index contributed by atoms with van der Waals surface area (Å²) in [5, 5.41) is 4.15. The average Bonchev–Trinajstić information content (AvgIpc) is 2.49. The molecule has 1 atom stereocenters. The summed E-state index contributed by atoms with van der Waals surface area (Å²) in [7, 11) is 1.68. The Morgan fingerprint density at radius 3 is 2.75 bits per heavy atom. The largest absolute Gasteiger partial charge is 0.496 e. The SMILES string of the molecule is CCCNC(c1ccccc1OC)c1ncccc1Cl. The van der Waals surface area contributed by atoms with Crippen LogP contribution < -0.4 is 10.1 Å². The minimum Gasteiger partial charge on any atom is -0.496 e. The third-order valence-corrected chi connectivity index (χ3v) is 3.43. The van der Waals surface area contributed by atoms with Crippen LogP contribution >= 0.6 is 11.6 Å². The summed E-state index contributed by atoms with van der Waals surface area (Å²) in [6.45, 7) is 3.02. The second-order valence-corrected chi connectivity index (χ2v) is 4.91. The van der Waals surface area contributed by atoms with E-state index >= 15 is 0 Å². The molecule has 0 aliphatic heterocycles. The molecule has 0 aliphatic rings. The first-order chi connectivity index (χ1) is 9.77. The average molecular weight is 291 g/mol. The molecule has 20 heavy (non-hydrogen) atoms. The summed E-state index contributed by atoms with van der Waals surface area (Å²) < 4.78 is 5.46. The molecule has 106 valence electrons. The van der Waals surface area contributed by atoms with Crippen LogP contribution in [0.2, 0.25) is 5.02 Å². The summed E-state index contributed by atoms with van der Waals surface area (Å²) >= 11 is 6.30. The van der Waals surface area contributed by atoms with Gasteiger partial charge in [0.2, 0.25) is 0 Å². The van der Waals surface area contributed by atoms with Gasteiger partial charge in [0.05, 0.1) is 23.9 Å². The molecule has 2 rings (SSSR count). The molecule has 0 amide bonds. The van der Waals surface area contributed by atoms with Crippen molar-refractivity contribution in [2.45, 2.75) is 19.4 Å². The van der Waals surface area contributed by atoms with Gasteiger partial charge in [-0.25, -0.2) is 0 Å². The first-order valence-corrected chi connectivity index (χ1v) is 7.12. The lowest BCUT2D eigenvalue weighted by Crippen LogP contribution is -2.24. The predicted octanol–water partition coefficient (Wildman–Crippen LogP) is 3.83. The number of rotatable bonds is 6. The van der Waals surface area contributed by atoms with Gasteiger partial charge in [-0.3, -0.25) is 4.98 Å². The Hall–Kier alpha value is -1.58. The molecular weight excluding hydrogens is 272 g/mol. The van der Waals surface area contributed by atoms with E-state index < -0.39 is 0 Å². The van der Waals surface area contributed by atoms with Gasteiger partial charge < -0.3 is 10.1 Å². The van der Waals surface area contributed by atoms with Crippen molar-refractivity contribution in [2.75, 3.05) is 13.7 Å². The molecule has 0 radical (unpaired) electrons. The van der Waals surface area contributed by atoms with Gasteiger partial charge in [0.1, 0.15) is 5.75 Å². The lowest BCUT2D eigenvalue weighted by atomic mass is 10.0. The van der Waals surface area contributed by atoms with Crippen LogP contribution in [0.1, 0.15) is 30.6 Å². The quantitative estimate of drug-likeness (QED) is 0.878. The lowest BCUT2D eigenvalue weighted by molar-refractivity contribution is 0.403. The maximum absolute atomic E-state index is 6.30. The number of nitrogens with one attached hydrogen (secondary N) is 1. The lowest BCUT2D eigenvalue weighted by Gasteiger charge is -2.21. The number of aromatic nitrogens is 1. The summed E-state index contributed by atoms with van der Waals surface area (Å²) in [6, 6.07) is 11.6. The fourth-order valence-corrected chi connectivity index (χ4v) is 2.39. The number of benzene rings is 1. The van der Waals surface area contributed by atoms with Gasteiger partial charge in [0.15, 0.2) is 0 Å². The normalized spacial score (nSPS) is 12.2. The number of hydrogen-bond acceptors (Lipinski definition) is 3. The molecule has 1 aromatic heterocycles. The van der Waals surface area contributed by atoms with Crippen LogP contribution in [0, 0.1) is 0 Å². The number of hydrogen-bond donors (Lipinski definition) is 1. The van der Waals surface area contributed by atoms with E-state index in [0.29, 0.717) is 5.02 Å². The van der Waals surface area contributed by atoms with Crippen LogP contribution in [-0.2, 0) is 0 Å². The van der Waals surface area contributed by atoms with Crippen molar-refractivity contribution in [3.8, 4) is 5.75 Å². The molecular formula is C16H19ClN2O. The summed E-state index contributed by atoms with van der Waals surface area (Å²) in [4.78, 5) is 4.43. The van der Waals surface area contributed by atoms with E-state index in [1.165, 1.54) is 0 Å². The second-order valence-electron chi connectivity index (χ2n) is 4.50. The maximum atomic E-state index is 6.30. The molecule has 1 heterocycles. The Balaban J connectivity index is 2.44. The summed E-state index contributed by atoms with van der Waals surface area (Å²) in [5.41, 5.74) is 1.87. The third kappa shape index (κ3) is 3.30. The summed E-state index contributed by atoms with van der Waals surface area (Å²) in [5.74, 6) is 0.836. The van der Waals surface area contributed by atoms with E-state index in [4.69, 9.17) is 16.3 Å². The number of nitrogens with zero attached hydrogens (tertiary/aromatic N) is 1. The molecule has 2 aromatic rings. The van der Waals surface area contributed by atoms with Gasteiger partial charge in [0, 0.05) is 11.8 Å². The van der Waals surface area contributed by atoms with Crippen molar-refractivity contribution in [1.29, 1.82) is 0 Å². The summed E-state index contributed by atoms with van der Waals surface area (Å²) in [6.07, 6.45) is 2.80. The zero-order valence-electron chi connectivity index (χ0n) is 11.8. The highest BCUT2D eigenvalue weighted by molar-refractivity contribution is 6.31. The van der Waals surface area contributed by atoms with Crippen molar-refractivity contribution >= 4 is 11.6 Å². The number of para-hydroxylation sites is 1. The molecule has 1 N–H and O–H groups in total. The maximum Gasteiger partial charge on any atom is 0.124 e. The Kier molecular flexibility index (Phi) is 5.39. The predicted molar refractivity (Wildman–Crippen MR) is 82.4 cm³/mol. The minimum atomic E-state index is -0.0696. The van der Waals surface area contributed by atoms with Crippen molar-refractivity contribution in [3.63, 3.8) is 0 Å². The van der Waals surface area contributed by atoms with Crippen LogP contribution in [0.5, 0.6) is 5.75 Å². The Morgan fingerprint density at radius 2 is 2.05 bits per heavy atom. The standard InChI is InChI=1S/C16H19ClN2O/c1-3-10-18-15(16-13(17)8-6-11-19-16)12-7-4-5-9-14(12)20-2/h4-9,11,15,18H,3,10H2,1-2H3. The van der Waals surface area contributed by atoms with E-state index in [0.717, 1.165) is 30.0 Å². The number of methoxy groups -OCH3 is 1. The Morgan fingerprint density at radius 1 is 1.25 bits per heavy atom. The molecule has 0 spiro atoms. The molecule has 0 fully saturated rings. The van der Waals surface area contributed by atoms with Crippen LogP contribution in [0.4, 0.5) is 0 Å². The van der Waals surface area contributed by atoms with Gasteiger partial charge in [-0.1, -0.05) is 36.7 Å². The monoisotopic (exact) mass is 290 g/mol. The highest BCUT2D eigenvalue weighted by Gasteiger charge is 2.20. The van der Waals surface area contributed by atoms with E-state index in [-0.39, 0.29) is 6.04 Å².